The summed E-state index contributed by atoms with van der Waals surface area (Å²) in [6.45, 7) is 1.94. The summed E-state index contributed by atoms with van der Waals surface area (Å²) >= 11 is 0. The van der Waals surface area contributed by atoms with Crippen LogP contribution in [0.15, 0.2) is 5.16 Å². The third kappa shape index (κ3) is 6.64. The Labute approximate surface area is 83.6 Å². The highest BCUT2D eigenvalue weighted by molar-refractivity contribution is 5.79. The van der Waals surface area contributed by atoms with Gasteiger partial charge in [0, 0.05) is 19.5 Å². The molecule has 5 N–H and O–H groups in total. The minimum absolute atomic E-state index is 0.0730. The summed E-state index contributed by atoms with van der Waals surface area (Å²) in [4.78, 5) is 1.92. The topological polar surface area (TPSA) is 102 Å². The molecule has 0 saturated carbocycles. The number of aliphatic hydroxyl groups excluding tert-OH is 2. The summed E-state index contributed by atoms with van der Waals surface area (Å²) in [5, 5.41) is 28.5. The highest BCUT2D eigenvalue weighted by Crippen LogP contribution is 1.94. The number of amidine groups is 1. The van der Waals surface area contributed by atoms with Gasteiger partial charge in [-0.1, -0.05) is 5.16 Å². The SMILES string of the molecule is NC(CCCN(CCO)CCO)=NO. The Morgan fingerprint density at radius 1 is 1.14 bits per heavy atom. The lowest BCUT2D eigenvalue weighted by atomic mass is 10.2. The second-order valence-electron chi connectivity index (χ2n) is 2.98. The van der Waals surface area contributed by atoms with E-state index in [0.29, 0.717) is 19.5 Å². The fraction of sp³-hybridized carbons (Fsp3) is 0.875. The van der Waals surface area contributed by atoms with Crippen LogP contribution < -0.4 is 5.73 Å². The van der Waals surface area contributed by atoms with Crippen molar-refractivity contribution >= 4 is 5.84 Å². The normalized spacial score (nSPS) is 12.4. The van der Waals surface area contributed by atoms with Gasteiger partial charge in [0.05, 0.1) is 13.2 Å². The fourth-order valence-electron chi connectivity index (χ4n) is 1.15. The lowest BCUT2D eigenvalue weighted by Crippen LogP contribution is -2.31. The first-order valence-electron chi connectivity index (χ1n) is 4.65. The zero-order valence-electron chi connectivity index (χ0n) is 8.26. The molecule has 0 aliphatic heterocycles. The van der Waals surface area contributed by atoms with Crippen molar-refractivity contribution in [3.63, 3.8) is 0 Å². The summed E-state index contributed by atoms with van der Waals surface area (Å²) in [5.41, 5.74) is 5.29. The Balaban J connectivity index is 3.59. The predicted molar refractivity (Wildman–Crippen MR) is 53.3 cm³/mol. The second-order valence-corrected chi connectivity index (χ2v) is 2.98. The smallest absolute Gasteiger partial charge is 0.139 e. The summed E-state index contributed by atoms with van der Waals surface area (Å²) in [6, 6.07) is 0. The largest absolute Gasteiger partial charge is 0.409 e. The van der Waals surface area contributed by atoms with Crippen molar-refractivity contribution in [3.8, 4) is 0 Å². The number of nitrogens with two attached hydrogens (primary N) is 1. The maximum atomic E-state index is 8.71. The first kappa shape index (κ1) is 13.2. The molecule has 0 aliphatic carbocycles. The molecule has 0 aromatic heterocycles. The molecule has 6 heteroatoms. The molecule has 0 aromatic carbocycles. The van der Waals surface area contributed by atoms with Crippen LogP contribution in [0.1, 0.15) is 12.8 Å². The fourth-order valence-corrected chi connectivity index (χ4v) is 1.15. The van der Waals surface area contributed by atoms with Crippen LogP contribution >= 0.6 is 0 Å². The molecule has 0 rings (SSSR count). The Bertz CT molecular complexity index is 158. The summed E-state index contributed by atoms with van der Waals surface area (Å²) in [6.07, 6.45) is 1.26. The number of hydrogen-bond acceptors (Lipinski definition) is 5. The lowest BCUT2D eigenvalue weighted by Gasteiger charge is -2.19. The summed E-state index contributed by atoms with van der Waals surface area (Å²) in [7, 11) is 0. The Hall–Kier alpha value is -0.850. The van der Waals surface area contributed by atoms with E-state index >= 15 is 0 Å². The van der Waals surface area contributed by atoms with Crippen LogP contribution in [0.5, 0.6) is 0 Å². The number of rotatable bonds is 8. The van der Waals surface area contributed by atoms with Gasteiger partial charge >= 0.3 is 0 Å². The van der Waals surface area contributed by atoms with Gasteiger partial charge in [0.2, 0.25) is 0 Å². The average molecular weight is 205 g/mol. The number of oxime groups is 1. The molecule has 0 aliphatic rings. The molecule has 0 atom stereocenters. The molecule has 84 valence electrons. The highest BCUT2D eigenvalue weighted by Gasteiger charge is 2.03. The number of hydrogen-bond donors (Lipinski definition) is 4. The molecule has 0 fully saturated rings. The molecule has 0 unspecified atom stereocenters. The van der Waals surface area contributed by atoms with E-state index in [0.717, 1.165) is 13.0 Å². The molecule has 0 aromatic rings. The molecule has 14 heavy (non-hydrogen) atoms. The molecule has 0 heterocycles. The number of aliphatic hydroxyl groups is 2. The van der Waals surface area contributed by atoms with Crippen LogP contribution in [-0.4, -0.2) is 59.0 Å². The molecule has 6 nitrogen and oxygen atoms in total. The van der Waals surface area contributed by atoms with E-state index in [2.05, 4.69) is 5.16 Å². The standard InChI is InChI=1S/C8H19N3O3/c9-8(10-14)2-1-3-11(4-6-12)5-7-13/h12-14H,1-7H2,(H2,9,10). The third-order valence-corrected chi connectivity index (χ3v) is 1.87. The predicted octanol–water partition coefficient (Wildman–Crippen LogP) is -1.20. The van der Waals surface area contributed by atoms with Crippen LogP contribution in [-0.2, 0) is 0 Å². The lowest BCUT2D eigenvalue weighted by molar-refractivity contribution is 0.160. The van der Waals surface area contributed by atoms with Gasteiger partial charge in [-0.15, -0.1) is 0 Å². The molecular weight excluding hydrogens is 186 g/mol. The van der Waals surface area contributed by atoms with E-state index < -0.39 is 0 Å². The van der Waals surface area contributed by atoms with Gasteiger partial charge in [-0.05, 0) is 13.0 Å². The van der Waals surface area contributed by atoms with Gasteiger partial charge in [-0.3, -0.25) is 4.90 Å². The van der Waals surface area contributed by atoms with E-state index in [1.165, 1.54) is 0 Å². The van der Waals surface area contributed by atoms with Gasteiger partial charge in [0.25, 0.3) is 0 Å². The maximum absolute atomic E-state index is 8.71. The van der Waals surface area contributed by atoms with Crippen molar-refractivity contribution in [2.75, 3.05) is 32.8 Å². The molecule has 0 amide bonds. The average Bonchev–Trinajstić information content (AvgIpc) is 2.18. The van der Waals surface area contributed by atoms with Crippen molar-refractivity contribution in [2.24, 2.45) is 10.9 Å². The van der Waals surface area contributed by atoms with Gasteiger partial charge in [-0.2, -0.15) is 0 Å². The van der Waals surface area contributed by atoms with Crippen molar-refractivity contribution in [1.82, 2.24) is 4.90 Å². The molecule has 0 spiro atoms. The molecule has 0 radical (unpaired) electrons. The summed E-state index contributed by atoms with van der Waals surface area (Å²) in [5.74, 6) is 0.206. The second kappa shape index (κ2) is 8.74. The van der Waals surface area contributed by atoms with Crippen LogP contribution in [0.25, 0.3) is 0 Å². The minimum Gasteiger partial charge on any atom is -0.409 e. The minimum atomic E-state index is 0.0730. The Morgan fingerprint density at radius 3 is 2.14 bits per heavy atom. The van der Waals surface area contributed by atoms with E-state index in [9.17, 15) is 0 Å². The molecule has 0 bridgehead atoms. The van der Waals surface area contributed by atoms with E-state index in [-0.39, 0.29) is 19.0 Å². The van der Waals surface area contributed by atoms with Crippen LogP contribution in [0.3, 0.4) is 0 Å². The van der Waals surface area contributed by atoms with Crippen LogP contribution in [0.4, 0.5) is 0 Å². The van der Waals surface area contributed by atoms with Crippen molar-refractivity contribution in [3.05, 3.63) is 0 Å². The highest BCUT2D eigenvalue weighted by atomic mass is 16.4. The van der Waals surface area contributed by atoms with Crippen molar-refractivity contribution in [2.45, 2.75) is 12.8 Å². The Kier molecular flexibility index (Phi) is 8.20. The van der Waals surface area contributed by atoms with Gasteiger partial charge in [0.15, 0.2) is 0 Å². The quantitative estimate of drug-likeness (QED) is 0.172. The van der Waals surface area contributed by atoms with Crippen molar-refractivity contribution in [1.29, 1.82) is 0 Å². The van der Waals surface area contributed by atoms with E-state index in [1.54, 1.807) is 0 Å². The maximum Gasteiger partial charge on any atom is 0.139 e. The first-order valence-corrected chi connectivity index (χ1v) is 4.65. The van der Waals surface area contributed by atoms with Gasteiger partial charge < -0.3 is 21.2 Å². The van der Waals surface area contributed by atoms with E-state index in [4.69, 9.17) is 21.2 Å². The van der Waals surface area contributed by atoms with Crippen LogP contribution in [0.2, 0.25) is 0 Å². The zero-order chi connectivity index (χ0) is 10.8. The number of nitrogens with zero attached hydrogens (tertiary/aromatic N) is 2. The van der Waals surface area contributed by atoms with Crippen LogP contribution in [0, 0.1) is 0 Å². The summed E-state index contributed by atoms with van der Waals surface area (Å²) < 4.78 is 0. The monoisotopic (exact) mass is 205 g/mol. The zero-order valence-corrected chi connectivity index (χ0v) is 8.26. The van der Waals surface area contributed by atoms with Crippen molar-refractivity contribution < 1.29 is 15.4 Å². The third-order valence-electron chi connectivity index (χ3n) is 1.87. The first-order chi connectivity index (χ1) is 6.74. The molecular formula is C8H19N3O3. The van der Waals surface area contributed by atoms with Gasteiger partial charge in [0.1, 0.15) is 5.84 Å². The van der Waals surface area contributed by atoms with Gasteiger partial charge in [-0.25, -0.2) is 0 Å². The molecule has 0 saturated heterocycles. The van der Waals surface area contributed by atoms with E-state index in [1.807, 2.05) is 4.90 Å². The Morgan fingerprint density at radius 2 is 1.71 bits per heavy atom.